The lowest BCUT2D eigenvalue weighted by Gasteiger charge is -2.09. The number of carbonyl (C=O) groups excluding carboxylic acids is 2. The van der Waals surface area contributed by atoms with Crippen LogP contribution in [0.4, 0.5) is 11.4 Å². The summed E-state index contributed by atoms with van der Waals surface area (Å²) < 4.78 is 0. The molecule has 0 spiro atoms. The average molecular weight is 279 g/mol. The summed E-state index contributed by atoms with van der Waals surface area (Å²) in [7, 11) is 0. The fraction of sp³-hybridized carbons (Fsp3) is 0.429. The number of aliphatic hydroxyl groups excluding tert-OH is 1. The van der Waals surface area contributed by atoms with E-state index >= 15 is 0 Å². The van der Waals surface area contributed by atoms with Crippen molar-refractivity contribution in [2.75, 3.05) is 24.2 Å². The molecule has 0 saturated carbocycles. The van der Waals surface area contributed by atoms with E-state index in [0.29, 0.717) is 24.3 Å². The summed E-state index contributed by atoms with van der Waals surface area (Å²) in [6.45, 7) is 2.44. The monoisotopic (exact) mass is 279 g/mol. The van der Waals surface area contributed by atoms with E-state index in [4.69, 9.17) is 10.8 Å². The maximum atomic E-state index is 11.7. The Morgan fingerprint density at radius 3 is 2.60 bits per heavy atom. The van der Waals surface area contributed by atoms with Crippen LogP contribution in [0.15, 0.2) is 18.2 Å². The van der Waals surface area contributed by atoms with E-state index in [1.165, 1.54) is 0 Å². The van der Waals surface area contributed by atoms with Gasteiger partial charge in [-0.05, 0) is 43.9 Å². The highest BCUT2D eigenvalue weighted by atomic mass is 16.3. The van der Waals surface area contributed by atoms with Crippen molar-refractivity contribution in [3.8, 4) is 0 Å². The van der Waals surface area contributed by atoms with Gasteiger partial charge >= 0.3 is 11.8 Å². The van der Waals surface area contributed by atoms with Crippen molar-refractivity contribution < 1.29 is 14.7 Å². The van der Waals surface area contributed by atoms with Gasteiger partial charge in [0.05, 0.1) is 11.4 Å². The summed E-state index contributed by atoms with van der Waals surface area (Å²) in [5.74, 6) is -1.42. The third-order valence-corrected chi connectivity index (χ3v) is 2.78. The molecular formula is C14H21N3O3. The zero-order valence-corrected chi connectivity index (χ0v) is 11.6. The normalized spacial score (nSPS) is 10.1. The van der Waals surface area contributed by atoms with Crippen LogP contribution >= 0.6 is 0 Å². The standard InChI is InChI=1S/C14H21N3O3/c1-10-5-6-12(11(15)9-10)17-14(20)13(19)16-7-3-2-4-8-18/h5-6,9,18H,2-4,7-8,15H2,1H3,(H,16,19)(H,17,20). The molecular weight excluding hydrogens is 258 g/mol. The molecule has 0 bridgehead atoms. The van der Waals surface area contributed by atoms with E-state index < -0.39 is 11.8 Å². The Balaban J connectivity index is 2.39. The van der Waals surface area contributed by atoms with Crippen LogP contribution in [-0.2, 0) is 9.59 Å². The molecule has 0 saturated heterocycles. The molecule has 0 aliphatic heterocycles. The minimum atomic E-state index is -0.734. The number of rotatable bonds is 6. The second-order valence-corrected chi connectivity index (χ2v) is 4.58. The van der Waals surface area contributed by atoms with Crippen molar-refractivity contribution >= 4 is 23.2 Å². The van der Waals surface area contributed by atoms with Crippen LogP contribution in [0.5, 0.6) is 0 Å². The highest BCUT2D eigenvalue weighted by Crippen LogP contribution is 2.19. The van der Waals surface area contributed by atoms with Crippen LogP contribution in [0.3, 0.4) is 0 Å². The topological polar surface area (TPSA) is 104 Å². The van der Waals surface area contributed by atoms with Crippen LogP contribution in [0, 0.1) is 6.92 Å². The van der Waals surface area contributed by atoms with Crippen molar-refractivity contribution in [2.24, 2.45) is 0 Å². The van der Waals surface area contributed by atoms with Gasteiger partial charge in [-0.15, -0.1) is 0 Å². The fourth-order valence-electron chi connectivity index (χ4n) is 1.67. The van der Waals surface area contributed by atoms with Crippen molar-refractivity contribution in [1.82, 2.24) is 5.32 Å². The van der Waals surface area contributed by atoms with E-state index in [2.05, 4.69) is 10.6 Å². The minimum Gasteiger partial charge on any atom is -0.397 e. The van der Waals surface area contributed by atoms with Gasteiger partial charge < -0.3 is 21.5 Å². The van der Waals surface area contributed by atoms with Gasteiger partial charge in [0.2, 0.25) is 0 Å². The van der Waals surface area contributed by atoms with E-state index in [0.717, 1.165) is 18.4 Å². The molecule has 6 heteroatoms. The van der Waals surface area contributed by atoms with Gasteiger partial charge in [-0.25, -0.2) is 0 Å². The Hall–Kier alpha value is -2.08. The molecule has 1 rings (SSSR count). The van der Waals surface area contributed by atoms with Crippen LogP contribution in [0.2, 0.25) is 0 Å². The number of aliphatic hydroxyl groups is 1. The van der Waals surface area contributed by atoms with E-state index in [9.17, 15) is 9.59 Å². The quantitative estimate of drug-likeness (QED) is 0.351. The van der Waals surface area contributed by atoms with E-state index in [-0.39, 0.29) is 6.61 Å². The second kappa shape index (κ2) is 8.16. The highest BCUT2D eigenvalue weighted by molar-refractivity contribution is 6.39. The number of amides is 2. The molecule has 0 aliphatic carbocycles. The smallest absolute Gasteiger partial charge is 0.313 e. The number of aryl methyl sites for hydroxylation is 1. The zero-order valence-electron chi connectivity index (χ0n) is 11.6. The molecule has 1 aromatic rings. The van der Waals surface area contributed by atoms with Gasteiger partial charge in [0.1, 0.15) is 0 Å². The fourth-order valence-corrected chi connectivity index (χ4v) is 1.67. The van der Waals surface area contributed by atoms with Crippen LogP contribution in [0.1, 0.15) is 24.8 Å². The van der Waals surface area contributed by atoms with Crippen LogP contribution in [-0.4, -0.2) is 30.1 Å². The first-order valence-electron chi connectivity index (χ1n) is 6.60. The molecule has 0 radical (unpaired) electrons. The highest BCUT2D eigenvalue weighted by Gasteiger charge is 2.14. The maximum absolute atomic E-state index is 11.7. The average Bonchev–Trinajstić information content (AvgIpc) is 2.41. The number of hydrogen-bond donors (Lipinski definition) is 4. The lowest BCUT2D eigenvalue weighted by atomic mass is 10.2. The van der Waals surface area contributed by atoms with E-state index in [1.807, 2.05) is 6.92 Å². The molecule has 0 aromatic heterocycles. The molecule has 6 nitrogen and oxygen atoms in total. The zero-order chi connectivity index (χ0) is 15.0. The Morgan fingerprint density at radius 1 is 1.20 bits per heavy atom. The third kappa shape index (κ3) is 5.27. The number of anilines is 2. The van der Waals surface area contributed by atoms with Crippen molar-refractivity contribution in [3.05, 3.63) is 23.8 Å². The third-order valence-electron chi connectivity index (χ3n) is 2.78. The molecule has 0 fully saturated rings. The molecule has 110 valence electrons. The first kappa shape index (κ1) is 16.0. The Labute approximate surface area is 118 Å². The van der Waals surface area contributed by atoms with Crippen LogP contribution in [0.25, 0.3) is 0 Å². The number of unbranched alkanes of at least 4 members (excludes halogenated alkanes) is 2. The lowest BCUT2D eigenvalue weighted by Crippen LogP contribution is -2.36. The number of nitrogen functional groups attached to an aromatic ring is 1. The van der Waals surface area contributed by atoms with Gasteiger partial charge in [0, 0.05) is 13.2 Å². The van der Waals surface area contributed by atoms with Gasteiger partial charge in [-0.1, -0.05) is 6.07 Å². The largest absolute Gasteiger partial charge is 0.397 e. The van der Waals surface area contributed by atoms with Gasteiger partial charge in [0.25, 0.3) is 0 Å². The predicted molar refractivity (Wildman–Crippen MR) is 78.2 cm³/mol. The molecule has 5 N–H and O–H groups in total. The second-order valence-electron chi connectivity index (χ2n) is 4.58. The predicted octanol–water partition coefficient (Wildman–Crippen LogP) is 0.795. The molecule has 0 heterocycles. The lowest BCUT2D eigenvalue weighted by molar-refractivity contribution is -0.136. The summed E-state index contributed by atoms with van der Waals surface area (Å²) in [5.41, 5.74) is 7.59. The Bertz CT molecular complexity index is 475. The first-order chi connectivity index (χ1) is 9.54. The van der Waals surface area contributed by atoms with Crippen molar-refractivity contribution in [3.63, 3.8) is 0 Å². The molecule has 0 atom stereocenters. The summed E-state index contributed by atoms with van der Waals surface area (Å²) >= 11 is 0. The maximum Gasteiger partial charge on any atom is 0.313 e. The van der Waals surface area contributed by atoms with Gasteiger partial charge in [-0.3, -0.25) is 9.59 Å². The van der Waals surface area contributed by atoms with Gasteiger partial charge in [0.15, 0.2) is 0 Å². The summed E-state index contributed by atoms with van der Waals surface area (Å²) in [4.78, 5) is 23.2. The molecule has 20 heavy (non-hydrogen) atoms. The molecule has 0 aliphatic rings. The number of nitrogens with two attached hydrogens (primary N) is 1. The molecule has 2 amide bonds. The molecule has 1 aromatic carbocycles. The Kier molecular flexibility index (Phi) is 6.52. The van der Waals surface area contributed by atoms with Crippen molar-refractivity contribution in [1.29, 1.82) is 0 Å². The number of nitrogens with one attached hydrogen (secondary N) is 2. The summed E-state index contributed by atoms with van der Waals surface area (Å²) in [6, 6.07) is 5.19. The van der Waals surface area contributed by atoms with Gasteiger partial charge in [-0.2, -0.15) is 0 Å². The minimum absolute atomic E-state index is 0.140. The molecule has 0 unspecified atom stereocenters. The SMILES string of the molecule is Cc1ccc(NC(=O)C(=O)NCCCCCO)c(N)c1. The number of benzene rings is 1. The van der Waals surface area contributed by atoms with E-state index in [1.54, 1.807) is 18.2 Å². The van der Waals surface area contributed by atoms with Crippen molar-refractivity contribution in [2.45, 2.75) is 26.2 Å². The Morgan fingerprint density at radius 2 is 1.95 bits per heavy atom. The summed E-state index contributed by atoms with van der Waals surface area (Å²) in [6.07, 6.45) is 2.23. The summed E-state index contributed by atoms with van der Waals surface area (Å²) in [5, 5.41) is 13.6. The number of hydrogen-bond acceptors (Lipinski definition) is 4. The first-order valence-corrected chi connectivity index (χ1v) is 6.60. The number of carbonyl (C=O) groups is 2. The van der Waals surface area contributed by atoms with Crippen LogP contribution < -0.4 is 16.4 Å².